The third-order valence-corrected chi connectivity index (χ3v) is 5.27. The summed E-state index contributed by atoms with van der Waals surface area (Å²) in [4.78, 5) is 30.5. The van der Waals surface area contributed by atoms with E-state index in [9.17, 15) is 4.79 Å². The number of rotatable bonds is 6. The average molecular weight is 394 g/mol. The summed E-state index contributed by atoms with van der Waals surface area (Å²) in [6, 6.07) is 19.4. The highest BCUT2D eigenvalue weighted by molar-refractivity contribution is 5.91. The monoisotopic (exact) mass is 394 g/mol. The first-order chi connectivity index (χ1) is 14.6. The molecule has 0 spiro atoms. The lowest BCUT2D eigenvalue weighted by Crippen LogP contribution is -2.16. The molecule has 0 saturated heterocycles. The highest BCUT2D eigenvalue weighted by Crippen LogP contribution is 2.29. The van der Waals surface area contributed by atoms with Crippen LogP contribution in [0.1, 0.15) is 36.8 Å². The predicted molar refractivity (Wildman–Crippen MR) is 117 cm³/mol. The Labute approximate surface area is 175 Å². The third kappa shape index (κ3) is 4.15. The smallest absolute Gasteiger partial charge is 0.159 e. The molecule has 148 valence electrons. The van der Waals surface area contributed by atoms with E-state index in [1.807, 2.05) is 62.4 Å². The molecule has 0 aliphatic carbocycles. The molecule has 2 heterocycles. The first-order valence-corrected chi connectivity index (χ1v) is 9.92. The maximum atomic E-state index is 13.3. The zero-order valence-corrected chi connectivity index (χ0v) is 16.9. The molecule has 0 aliphatic rings. The van der Waals surface area contributed by atoms with Crippen molar-refractivity contribution < 1.29 is 4.79 Å². The van der Waals surface area contributed by atoms with Gasteiger partial charge >= 0.3 is 0 Å². The number of ketones is 1. The minimum absolute atomic E-state index is 0.160. The van der Waals surface area contributed by atoms with Crippen molar-refractivity contribution >= 4 is 5.78 Å². The van der Waals surface area contributed by atoms with Crippen molar-refractivity contribution in [3.63, 3.8) is 0 Å². The van der Waals surface area contributed by atoms with Crippen LogP contribution < -0.4 is 0 Å². The van der Waals surface area contributed by atoms with Crippen molar-refractivity contribution in [2.45, 2.75) is 25.7 Å². The zero-order valence-electron chi connectivity index (χ0n) is 16.9. The number of benzene rings is 2. The number of hydrogen-bond acceptors (Lipinski definition) is 5. The minimum Gasteiger partial charge on any atom is -0.298 e. The Kier molecular flexibility index (Phi) is 5.70. The standard InChI is InChI=1S/C25H22N4O/c1-17(19-7-3-9-21(15-19)24-26-11-5-12-27-24)23(30)18(2)20-8-4-10-22(16-20)25-28-13-6-14-29-25/h3-18H,1-2H3. The summed E-state index contributed by atoms with van der Waals surface area (Å²) in [5.41, 5.74) is 3.73. The molecule has 2 atom stereocenters. The van der Waals surface area contributed by atoms with Gasteiger partial charge in [-0.15, -0.1) is 0 Å². The van der Waals surface area contributed by atoms with Gasteiger partial charge in [0.05, 0.1) is 0 Å². The average Bonchev–Trinajstić information content (AvgIpc) is 2.84. The van der Waals surface area contributed by atoms with Gasteiger partial charge in [0, 0.05) is 47.8 Å². The fourth-order valence-corrected chi connectivity index (χ4v) is 3.49. The highest BCUT2D eigenvalue weighted by Gasteiger charge is 2.23. The summed E-state index contributed by atoms with van der Waals surface area (Å²) >= 11 is 0. The van der Waals surface area contributed by atoms with E-state index in [-0.39, 0.29) is 17.6 Å². The SMILES string of the molecule is CC(C(=O)C(C)c1cccc(-c2ncccn2)c1)c1cccc(-c2ncccn2)c1. The molecule has 0 N–H and O–H groups in total. The van der Waals surface area contributed by atoms with Crippen LogP contribution in [0, 0.1) is 0 Å². The lowest BCUT2D eigenvalue weighted by atomic mass is 9.85. The molecular formula is C25H22N4O. The molecule has 5 nitrogen and oxygen atoms in total. The fraction of sp³-hybridized carbons (Fsp3) is 0.160. The Balaban J connectivity index is 1.58. The van der Waals surface area contributed by atoms with Crippen LogP contribution >= 0.6 is 0 Å². The molecule has 2 aromatic carbocycles. The number of nitrogens with zero attached hydrogens (tertiary/aromatic N) is 4. The molecule has 4 aromatic rings. The molecule has 0 bridgehead atoms. The highest BCUT2D eigenvalue weighted by atomic mass is 16.1. The van der Waals surface area contributed by atoms with Crippen molar-refractivity contribution in [3.8, 4) is 22.8 Å². The van der Waals surface area contributed by atoms with E-state index < -0.39 is 0 Å². The lowest BCUT2D eigenvalue weighted by Gasteiger charge is -2.18. The van der Waals surface area contributed by atoms with E-state index in [0.29, 0.717) is 11.6 Å². The number of Topliss-reactive ketones (excluding diaryl/α,β-unsaturated/α-hetero) is 1. The lowest BCUT2D eigenvalue weighted by molar-refractivity contribution is -0.121. The van der Waals surface area contributed by atoms with Gasteiger partial charge in [0.25, 0.3) is 0 Å². The largest absolute Gasteiger partial charge is 0.298 e. The number of carbonyl (C=O) groups is 1. The van der Waals surface area contributed by atoms with E-state index in [4.69, 9.17) is 0 Å². The minimum atomic E-state index is -0.250. The Hall–Kier alpha value is -3.73. The van der Waals surface area contributed by atoms with E-state index in [0.717, 1.165) is 22.3 Å². The van der Waals surface area contributed by atoms with Crippen LogP contribution in [0.5, 0.6) is 0 Å². The molecule has 0 radical (unpaired) electrons. The number of aromatic nitrogens is 4. The summed E-state index contributed by atoms with van der Waals surface area (Å²) in [5.74, 6) is 0.970. The van der Waals surface area contributed by atoms with E-state index in [2.05, 4.69) is 19.9 Å². The first-order valence-electron chi connectivity index (χ1n) is 9.92. The Bertz CT molecular complexity index is 1050. The van der Waals surface area contributed by atoms with Crippen molar-refractivity contribution in [1.29, 1.82) is 0 Å². The molecule has 2 unspecified atom stereocenters. The van der Waals surface area contributed by atoms with Gasteiger partial charge < -0.3 is 0 Å². The quantitative estimate of drug-likeness (QED) is 0.456. The third-order valence-electron chi connectivity index (χ3n) is 5.27. The summed E-state index contributed by atoms with van der Waals surface area (Å²) in [6.45, 7) is 3.90. The molecule has 0 fully saturated rings. The normalized spacial score (nSPS) is 12.9. The fourth-order valence-electron chi connectivity index (χ4n) is 3.49. The van der Waals surface area contributed by atoms with Crippen molar-refractivity contribution in [2.24, 2.45) is 0 Å². The van der Waals surface area contributed by atoms with Crippen LogP contribution in [0.4, 0.5) is 0 Å². The molecule has 0 aliphatic heterocycles. The second kappa shape index (κ2) is 8.74. The second-order valence-corrected chi connectivity index (χ2v) is 7.24. The number of carbonyl (C=O) groups excluding carboxylic acids is 1. The van der Waals surface area contributed by atoms with Crippen LogP contribution in [-0.4, -0.2) is 25.7 Å². The van der Waals surface area contributed by atoms with Crippen LogP contribution in [0.2, 0.25) is 0 Å². The summed E-state index contributed by atoms with van der Waals surface area (Å²) in [6.07, 6.45) is 6.87. The van der Waals surface area contributed by atoms with E-state index in [1.165, 1.54) is 0 Å². The molecule has 2 aromatic heterocycles. The molecular weight excluding hydrogens is 372 g/mol. The summed E-state index contributed by atoms with van der Waals surface area (Å²) < 4.78 is 0. The zero-order chi connectivity index (χ0) is 20.9. The van der Waals surface area contributed by atoms with Crippen molar-refractivity contribution in [1.82, 2.24) is 19.9 Å². The van der Waals surface area contributed by atoms with Crippen LogP contribution in [0.15, 0.2) is 85.5 Å². The maximum Gasteiger partial charge on any atom is 0.159 e. The van der Waals surface area contributed by atoms with Gasteiger partial charge in [0.15, 0.2) is 11.6 Å². The summed E-state index contributed by atoms with van der Waals surface area (Å²) in [5, 5.41) is 0. The van der Waals surface area contributed by atoms with E-state index in [1.54, 1.807) is 36.9 Å². The van der Waals surface area contributed by atoms with Crippen LogP contribution in [0.3, 0.4) is 0 Å². The number of hydrogen-bond donors (Lipinski definition) is 0. The van der Waals surface area contributed by atoms with Gasteiger partial charge in [-0.25, -0.2) is 19.9 Å². The molecule has 30 heavy (non-hydrogen) atoms. The molecule has 0 amide bonds. The van der Waals surface area contributed by atoms with Gasteiger partial charge in [-0.05, 0) is 35.4 Å². The van der Waals surface area contributed by atoms with Crippen molar-refractivity contribution in [2.75, 3.05) is 0 Å². The van der Waals surface area contributed by atoms with Gasteiger partial charge in [-0.3, -0.25) is 4.79 Å². The predicted octanol–water partition coefficient (Wildman–Crippen LogP) is 5.08. The van der Waals surface area contributed by atoms with E-state index >= 15 is 0 Å². The molecule has 5 heteroatoms. The summed E-state index contributed by atoms with van der Waals surface area (Å²) in [7, 11) is 0. The van der Waals surface area contributed by atoms with Crippen molar-refractivity contribution in [3.05, 3.63) is 96.6 Å². The second-order valence-electron chi connectivity index (χ2n) is 7.24. The first kappa shape index (κ1) is 19.6. The van der Waals surface area contributed by atoms with Gasteiger partial charge in [-0.1, -0.05) is 50.2 Å². The maximum absolute atomic E-state index is 13.3. The Morgan fingerprint density at radius 1 is 0.633 bits per heavy atom. The van der Waals surface area contributed by atoms with Gasteiger partial charge in [0.1, 0.15) is 5.78 Å². The topological polar surface area (TPSA) is 68.6 Å². The molecule has 0 saturated carbocycles. The Morgan fingerprint density at radius 2 is 1.03 bits per heavy atom. The molecule has 4 rings (SSSR count). The van der Waals surface area contributed by atoms with Crippen LogP contribution in [0.25, 0.3) is 22.8 Å². The van der Waals surface area contributed by atoms with Gasteiger partial charge in [-0.2, -0.15) is 0 Å². The van der Waals surface area contributed by atoms with Crippen LogP contribution in [-0.2, 0) is 4.79 Å². The van der Waals surface area contributed by atoms with Gasteiger partial charge in [0.2, 0.25) is 0 Å². The Morgan fingerprint density at radius 3 is 1.43 bits per heavy atom.